The molecule has 1 aromatic carbocycles. The zero-order chi connectivity index (χ0) is 19.2. The van der Waals surface area contributed by atoms with Gasteiger partial charge in [0.25, 0.3) is 5.91 Å². The van der Waals surface area contributed by atoms with E-state index in [1.807, 2.05) is 0 Å². The van der Waals surface area contributed by atoms with E-state index in [0.29, 0.717) is 18.0 Å². The summed E-state index contributed by atoms with van der Waals surface area (Å²) in [6.07, 6.45) is 4.07. The molecule has 1 aromatic heterocycles. The summed E-state index contributed by atoms with van der Waals surface area (Å²) in [6, 6.07) is 8.44. The first-order valence-electron chi connectivity index (χ1n) is 8.97. The molecule has 1 aliphatic heterocycles. The summed E-state index contributed by atoms with van der Waals surface area (Å²) in [4.78, 5) is 23.5. The number of hydrogen-bond donors (Lipinski definition) is 2. The number of benzene rings is 1. The molecule has 27 heavy (non-hydrogen) atoms. The fourth-order valence-electron chi connectivity index (χ4n) is 2.85. The molecule has 2 N–H and O–H groups in total. The second kappa shape index (κ2) is 8.79. The Morgan fingerprint density at radius 3 is 2.89 bits per heavy atom. The molecule has 8 heteroatoms. The first-order chi connectivity index (χ1) is 13.0. The van der Waals surface area contributed by atoms with E-state index >= 15 is 0 Å². The number of anilines is 1. The summed E-state index contributed by atoms with van der Waals surface area (Å²) < 4.78 is 12.7. The van der Waals surface area contributed by atoms with Gasteiger partial charge in [0, 0.05) is 12.8 Å². The van der Waals surface area contributed by atoms with Gasteiger partial charge in [-0.15, -0.1) is 0 Å². The maximum absolute atomic E-state index is 12.5. The first-order valence-corrected chi connectivity index (χ1v) is 8.97. The van der Waals surface area contributed by atoms with Gasteiger partial charge in [0.15, 0.2) is 5.69 Å². The Bertz CT molecular complexity index is 798. The molecule has 0 spiro atoms. The molecule has 2 heterocycles. The number of nitrogens with zero attached hydrogens (tertiary/aromatic N) is 2. The molecule has 1 amide bonds. The monoisotopic (exact) mass is 373 g/mol. The first kappa shape index (κ1) is 19.1. The van der Waals surface area contributed by atoms with Gasteiger partial charge < -0.3 is 19.9 Å². The molecule has 0 bridgehead atoms. The molecule has 1 aliphatic rings. The van der Waals surface area contributed by atoms with Gasteiger partial charge in [-0.2, -0.15) is 5.10 Å². The molecule has 2 unspecified atom stereocenters. The minimum absolute atomic E-state index is 0.0415. The molecule has 1 fully saturated rings. The smallest absolute Gasteiger partial charge is 0.356 e. The van der Waals surface area contributed by atoms with Gasteiger partial charge in [-0.05, 0) is 44.4 Å². The Morgan fingerprint density at radius 2 is 2.19 bits per heavy atom. The van der Waals surface area contributed by atoms with Crippen molar-refractivity contribution in [1.82, 2.24) is 9.78 Å². The third-order valence-electron chi connectivity index (χ3n) is 4.39. The fourth-order valence-corrected chi connectivity index (χ4v) is 2.85. The summed E-state index contributed by atoms with van der Waals surface area (Å²) in [5.41, 5.74) is 1.02. The van der Waals surface area contributed by atoms with E-state index in [2.05, 4.69) is 10.4 Å². The minimum Gasteiger partial charge on any atom is -0.476 e. The molecule has 2 atom stereocenters. The lowest BCUT2D eigenvalue weighted by atomic mass is 10.1. The van der Waals surface area contributed by atoms with Gasteiger partial charge in [0.05, 0.1) is 24.1 Å². The molecule has 0 saturated carbocycles. The zero-order valence-corrected chi connectivity index (χ0v) is 15.1. The molecule has 1 saturated heterocycles. The number of carbonyl (C=O) groups is 2. The van der Waals surface area contributed by atoms with Crippen LogP contribution in [0.15, 0.2) is 36.5 Å². The lowest BCUT2D eigenvalue weighted by Gasteiger charge is -2.24. The molecule has 3 rings (SSSR count). The zero-order valence-electron chi connectivity index (χ0n) is 15.1. The summed E-state index contributed by atoms with van der Waals surface area (Å²) >= 11 is 0. The number of rotatable bonds is 7. The highest BCUT2D eigenvalue weighted by Crippen LogP contribution is 2.20. The number of aromatic carboxylic acids is 1. The van der Waals surface area contributed by atoms with Crippen LogP contribution in [0.1, 0.15) is 36.7 Å². The van der Waals surface area contributed by atoms with Crippen LogP contribution in [0, 0.1) is 0 Å². The minimum atomic E-state index is -1.11. The van der Waals surface area contributed by atoms with E-state index in [1.54, 1.807) is 31.2 Å². The highest BCUT2D eigenvalue weighted by atomic mass is 16.5. The lowest BCUT2D eigenvalue weighted by molar-refractivity contribution is -0.130. The van der Waals surface area contributed by atoms with Crippen molar-refractivity contribution in [3.63, 3.8) is 0 Å². The van der Waals surface area contributed by atoms with Crippen LogP contribution in [0.5, 0.6) is 0 Å². The Kier molecular flexibility index (Phi) is 6.20. The van der Waals surface area contributed by atoms with Gasteiger partial charge in [0.2, 0.25) is 0 Å². The second-order valence-electron chi connectivity index (χ2n) is 6.42. The average molecular weight is 373 g/mol. The Balaban J connectivity index is 1.64. The van der Waals surface area contributed by atoms with Crippen LogP contribution in [0.25, 0.3) is 5.69 Å². The topological polar surface area (TPSA) is 103 Å². The van der Waals surface area contributed by atoms with Crippen molar-refractivity contribution >= 4 is 17.6 Å². The van der Waals surface area contributed by atoms with Gasteiger partial charge in [0.1, 0.15) is 6.10 Å². The fraction of sp³-hybridized carbons (Fsp3) is 0.421. The van der Waals surface area contributed by atoms with Gasteiger partial charge >= 0.3 is 5.97 Å². The standard InChI is InChI=1S/C19H23N3O5/c1-13(27-12-14-6-4-5-11-26-14)18(23)20-15-7-2-3-8-17(15)22-10-9-16(21-22)19(24)25/h2-3,7-10,13-14H,4-6,11-12H2,1H3,(H,20,23)(H,24,25). The number of para-hydroxylation sites is 2. The largest absolute Gasteiger partial charge is 0.476 e. The third-order valence-corrected chi connectivity index (χ3v) is 4.39. The van der Waals surface area contributed by atoms with E-state index in [0.717, 1.165) is 25.9 Å². The van der Waals surface area contributed by atoms with Crippen molar-refractivity contribution in [2.45, 2.75) is 38.4 Å². The Morgan fingerprint density at radius 1 is 1.37 bits per heavy atom. The van der Waals surface area contributed by atoms with Gasteiger partial charge in [-0.1, -0.05) is 12.1 Å². The van der Waals surface area contributed by atoms with E-state index in [4.69, 9.17) is 14.6 Å². The lowest BCUT2D eigenvalue weighted by Crippen LogP contribution is -2.32. The number of carboxylic acid groups (broad SMARTS) is 1. The highest BCUT2D eigenvalue weighted by Gasteiger charge is 2.20. The van der Waals surface area contributed by atoms with Crippen LogP contribution in [-0.2, 0) is 14.3 Å². The van der Waals surface area contributed by atoms with E-state index in [1.165, 1.54) is 16.9 Å². The maximum atomic E-state index is 12.5. The van der Waals surface area contributed by atoms with Crippen LogP contribution in [-0.4, -0.2) is 52.2 Å². The summed E-state index contributed by atoms with van der Waals surface area (Å²) in [6.45, 7) is 2.82. The van der Waals surface area contributed by atoms with Crippen molar-refractivity contribution < 1.29 is 24.2 Å². The highest BCUT2D eigenvalue weighted by molar-refractivity contribution is 5.95. The van der Waals surface area contributed by atoms with E-state index in [-0.39, 0.29) is 17.7 Å². The van der Waals surface area contributed by atoms with E-state index in [9.17, 15) is 9.59 Å². The second-order valence-corrected chi connectivity index (χ2v) is 6.42. The number of aromatic nitrogens is 2. The van der Waals surface area contributed by atoms with E-state index < -0.39 is 12.1 Å². The van der Waals surface area contributed by atoms with Gasteiger partial charge in [-0.3, -0.25) is 4.79 Å². The molecule has 2 aromatic rings. The van der Waals surface area contributed by atoms with Crippen LogP contribution >= 0.6 is 0 Å². The van der Waals surface area contributed by atoms with Crippen LogP contribution < -0.4 is 5.32 Å². The molecule has 0 aliphatic carbocycles. The summed E-state index contributed by atoms with van der Waals surface area (Å²) in [5.74, 6) is -1.40. The van der Waals surface area contributed by atoms with Crippen LogP contribution in [0.4, 0.5) is 5.69 Å². The van der Waals surface area contributed by atoms with Crippen molar-refractivity contribution in [3.05, 3.63) is 42.2 Å². The molecule has 144 valence electrons. The quantitative estimate of drug-likeness (QED) is 0.773. The number of nitrogens with one attached hydrogen (secondary N) is 1. The molecular weight excluding hydrogens is 350 g/mol. The number of carbonyl (C=O) groups excluding carboxylic acids is 1. The van der Waals surface area contributed by atoms with Crippen molar-refractivity contribution in [1.29, 1.82) is 0 Å². The average Bonchev–Trinajstić information content (AvgIpc) is 3.17. The van der Waals surface area contributed by atoms with Crippen LogP contribution in [0.3, 0.4) is 0 Å². The number of amides is 1. The number of hydrogen-bond acceptors (Lipinski definition) is 5. The summed E-state index contributed by atoms with van der Waals surface area (Å²) in [7, 11) is 0. The molecular formula is C19H23N3O5. The third kappa shape index (κ3) is 4.93. The Hall–Kier alpha value is -2.71. The van der Waals surface area contributed by atoms with Crippen molar-refractivity contribution in [2.24, 2.45) is 0 Å². The van der Waals surface area contributed by atoms with Crippen LogP contribution in [0.2, 0.25) is 0 Å². The molecule has 0 radical (unpaired) electrons. The predicted octanol–water partition coefficient (Wildman–Crippen LogP) is 2.48. The van der Waals surface area contributed by atoms with Gasteiger partial charge in [-0.25, -0.2) is 9.48 Å². The normalized spacial score (nSPS) is 18.0. The van der Waals surface area contributed by atoms with Crippen molar-refractivity contribution in [2.75, 3.05) is 18.5 Å². The maximum Gasteiger partial charge on any atom is 0.356 e. The SMILES string of the molecule is CC(OCC1CCCCO1)C(=O)Nc1ccccc1-n1ccc(C(=O)O)n1. The predicted molar refractivity (Wildman–Crippen MR) is 98.2 cm³/mol. The Labute approximate surface area is 157 Å². The van der Waals surface area contributed by atoms with Crippen molar-refractivity contribution in [3.8, 4) is 5.69 Å². The molecule has 8 nitrogen and oxygen atoms in total. The number of ether oxygens (including phenoxy) is 2. The summed E-state index contributed by atoms with van der Waals surface area (Å²) in [5, 5.41) is 15.9. The number of carboxylic acids is 1.